The summed E-state index contributed by atoms with van der Waals surface area (Å²) < 4.78 is 10.9. The van der Waals surface area contributed by atoms with Crippen molar-refractivity contribution < 1.29 is 14.3 Å². The van der Waals surface area contributed by atoms with Crippen LogP contribution >= 0.6 is 31.4 Å². The maximum atomic E-state index is 11.2. The summed E-state index contributed by atoms with van der Waals surface area (Å²) in [6.07, 6.45) is 0.342. The molecule has 0 spiro atoms. The number of rotatable bonds is 2. The lowest BCUT2D eigenvalue weighted by Crippen LogP contribution is -2.33. The zero-order chi connectivity index (χ0) is 18.4. The van der Waals surface area contributed by atoms with Crippen LogP contribution in [0.15, 0.2) is 18.2 Å². The molecule has 3 rings (SSSR count). The van der Waals surface area contributed by atoms with E-state index in [-0.39, 0.29) is 5.60 Å². The maximum Gasteiger partial charge on any atom is 0.412 e. The molecule has 1 fully saturated rings. The summed E-state index contributed by atoms with van der Waals surface area (Å²) in [5.41, 5.74) is 0.844. The molecule has 5 nitrogen and oxygen atoms in total. The van der Waals surface area contributed by atoms with Gasteiger partial charge in [-0.25, -0.2) is 4.79 Å². The summed E-state index contributed by atoms with van der Waals surface area (Å²) >= 11 is 0. The quantitative estimate of drug-likeness (QED) is 0.748. The number of carbonyl (C=O) groups excluding carboxylic acids is 1. The molecule has 0 aromatic heterocycles. The minimum atomic E-state index is -0.485. The van der Waals surface area contributed by atoms with Crippen molar-refractivity contribution in [3.8, 4) is 11.5 Å². The van der Waals surface area contributed by atoms with Gasteiger partial charge < -0.3 is 19.7 Å². The summed E-state index contributed by atoms with van der Waals surface area (Å²) in [6.45, 7) is 4.02. The highest BCUT2D eigenvalue weighted by Crippen LogP contribution is 2.42. The Labute approximate surface area is 161 Å². The molecule has 1 saturated heterocycles. The molecule has 0 unspecified atom stereocenters. The molecule has 2 heterocycles. The third kappa shape index (κ3) is 6.20. The Balaban J connectivity index is 0.000000212. The smallest absolute Gasteiger partial charge is 0.412 e. The van der Waals surface area contributed by atoms with Crippen LogP contribution in [0, 0.1) is 0 Å². The van der Waals surface area contributed by atoms with Crippen LogP contribution in [-0.2, 0) is 6.42 Å². The van der Waals surface area contributed by atoms with Crippen LogP contribution in [0.4, 0.5) is 4.79 Å². The Morgan fingerprint density at radius 2 is 2.00 bits per heavy atom. The molecule has 2 aliphatic heterocycles. The van der Waals surface area contributed by atoms with E-state index in [9.17, 15) is 4.79 Å². The number of nitrogens with zero attached hydrogens (tertiary/aromatic N) is 1. The number of hydrogen-bond acceptors (Lipinski definition) is 7. The summed E-state index contributed by atoms with van der Waals surface area (Å²) in [5.74, 6) is 3.72. The van der Waals surface area contributed by atoms with Gasteiger partial charge in [-0.2, -0.15) is 0 Å². The van der Waals surface area contributed by atoms with Gasteiger partial charge in [0.05, 0.1) is 0 Å². The molecule has 2 aliphatic rings. The van der Waals surface area contributed by atoms with Gasteiger partial charge in [0.2, 0.25) is 0 Å². The minimum Gasteiger partial charge on any atom is -0.483 e. The topological polar surface area (TPSA) is 50.8 Å². The highest BCUT2D eigenvalue weighted by molar-refractivity contribution is 9.09. The molecule has 0 radical (unpaired) electrons. The van der Waals surface area contributed by atoms with E-state index in [1.807, 2.05) is 57.4 Å². The van der Waals surface area contributed by atoms with E-state index in [1.165, 1.54) is 18.6 Å². The molecule has 1 aromatic carbocycles. The molecule has 8 heteroatoms. The lowest BCUT2D eigenvalue weighted by molar-refractivity contribution is 0.133. The van der Waals surface area contributed by atoms with E-state index in [0.717, 1.165) is 18.0 Å². The fourth-order valence-electron chi connectivity index (χ4n) is 2.41. The predicted octanol–water partition coefficient (Wildman–Crippen LogP) is 4.08. The fraction of sp³-hybridized carbons (Fsp3) is 0.588. The van der Waals surface area contributed by atoms with Gasteiger partial charge in [-0.15, -0.1) is 0 Å². The predicted molar refractivity (Wildman–Crippen MR) is 110 cm³/mol. The largest absolute Gasteiger partial charge is 0.483 e. The van der Waals surface area contributed by atoms with Crippen molar-refractivity contribution in [2.75, 3.05) is 32.6 Å². The van der Waals surface area contributed by atoms with Crippen LogP contribution in [0.25, 0.3) is 0 Å². The van der Waals surface area contributed by atoms with Crippen molar-refractivity contribution in [1.29, 1.82) is 0 Å². The highest BCUT2D eigenvalue weighted by atomic mass is 33.5. The van der Waals surface area contributed by atoms with Crippen molar-refractivity contribution in [1.82, 2.24) is 10.2 Å². The number of amides is 1. The van der Waals surface area contributed by atoms with E-state index < -0.39 is 6.09 Å². The van der Waals surface area contributed by atoms with Gasteiger partial charge in [0.25, 0.3) is 0 Å². The number of ether oxygens (including phenoxy) is 2. The molecule has 25 heavy (non-hydrogen) atoms. The summed E-state index contributed by atoms with van der Waals surface area (Å²) in [5, 5.41) is 2.41. The number of benzene rings is 1. The second-order valence-electron chi connectivity index (χ2n) is 6.68. The average Bonchev–Trinajstić information content (AvgIpc) is 2.91. The fourth-order valence-corrected chi connectivity index (χ4v) is 6.98. The Bertz CT molecular complexity index is 591. The monoisotopic (exact) mass is 402 g/mol. The van der Waals surface area contributed by atoms with E-state index in [1.54, 1.807) is 6.07 Å². The first kappa shape index (κ1) is 20.6. The SMILES string of the molecule is CN(C)C1CSSSC1.CNC(=O)Oc1cccc2c1OC(C)(C)C2. The third-order valence-corrected chi connectivity index (χ3v) is 8.17. The highest BCUT2D eigenvalue weighted by Gasteiger charge is 2.32. The number of hydrogen-bond donors (Lipinski definition) is 1. The van der Waals surface area contributed by atoms with Crippen molar-refractivity contribution in [3.63, 3.8) is 0 Å². The van der Waals surface area contributed by atoms with Gasteiger partial charge in [-0.3, -0.25) is 0 Å². The zero-order valence-corrected chi connectivity index (χ0v) is 17.8. The number of fused-ring (bicyclic) bond motifs is 1. The number of nitrogens with one attached hydrogen (secondary N) is 1. The van der Waals surface area contributed by atoms with Crippen molar-refractivity contribution in [3.05, 3.63) is 23.8 Å². The number of carbonyl (C=O) groups is 1. The van der Waals surface area contributed by atoms with Gasteiger partial charge in [0, 0.05) is 36.6 Å². The van der Waals surface area contributed by atoms with Gasteiger partial charge in [-0.05, 0) is 43.8 Å². The molecule has 1 amide bonds. The van der Waals surface area contributed by atoms with Crippen LogP contribution in [0.5, 0.6) is 11.5 Å². The Morgan fingerprint density at radius 3 is 2.56 bits per heavy atom. The Morgan fingerprint density at radius 1 is 1.32 bits per heavy atom. The molecule has 0 aliphatic carbocycles. The first-order chi connectivity index (χ1) is 11.8. The molecule has 0 atom stereocenters. The van der Waals surface area contributed by atoms with E-state index in [2.05, 4.69) is 24.3 Å². The average molecular weight is 403 g/mol. The lowest BCUT2D eigenvalue weighted by Gasteiger charge is -2.25. The van der Waals surface area contributed by atoms with Crippen molar-refractivity contribution >= 4 is 37.5 Å². The molecular formula is C17H26N2O3S3. The van der Waals surface area contributed by atoms with Crippen LogP contribution in [0.2, 0.25) is 0 Å². The molecule has 0 bridgehead atoms. The van der Waals surface area contributed by atoms with Gasteiger partial charge in [-0.1, -0.05) is 33.7 Å². The second-order valence-corrected chi connectivity index (χ2v) is 11.0. The summed E-state index contributed by atoms with van der Waals surface area (Å²) in [7, 11) is 11.7. The Hall–Kier alpha value is -0.700. The zero-order valence-electron chi connectivity index (χ0n) is 15.3. The van der Waals surface area contributed by atoms with Crippen molar-refractivity contribution in [2.45, 2.75) is 31.9 Å². The van der Waals surface area contributed by atoms with E-state index in [0.29, 0.717) is 11.5 Å². The molecule has 1 aromatic rings. The van der Waals surface area contributed by atoms with Gasteiger partial charge >= 0.3 is 6.09 Å². The van der Waals surface area contributed by atoms with Gasteiger partial charge in [0.1, 0.15) is 5.60 Å². The first-order valence-electron chi connectivity index (χ1n) is 8.10. The van der Waals surface area contributed by atoms with Crippen LogP contribution in [0.1, 0.15) is 19.4 Å². The normalized spacial score (nSPS) is 18.6. The minimum absolute atomic E-state index is 0.232. The summed E-state index contributed by atoms with van der Waals surface area (Å²) in [4.78, 5) is 13.5. The molecular weight excluding hydrogens is 376 g/mol. The standard InChI is InChI=1S/C12H15NO3.C5H11NS3/c1-12(2)7-8-5-4-6-9(10(8)16-12)15-11(14)13-3;1-6(2)5-3-7-9-8-4-5/h4-6H,7H2,1-3H3,(H,13,14);5H,3-4H2,1-2H3. The van der Waals surface area contributed by atoms with Crippen LogP contribution in [0.3, 0.4) is 0 Å². The summed E-state index contributed by atoms with van der Waals surface area (Å²) in [6, 6.07) is 6.37. The Kier molecular flexibility index (Phi) is 7.67. The van der Waals surface area contributed by atoms with Crippen molar-refractivity contribution in [2.24, 2.45) is 0 Å². The maximum absolute atomic E-state index is 11.2. The lowest BCUT2D eigenvalue weighted by atomic mass is 10.0. The second kappa shape index (κ2) is 9.30. The third-order valence-electron chi connectivity index (χ3n) is 3.81. The molecule has 0 saturated carbocycles. The van der Waals surface area contributed by atoms with Gasteiger partial charge in [0.15, 0.2) is 11.5 Å². The molecule has 1 N–H and O–H groups in total. The van der Waals surface area contributed by atoms with E-state index in [4.69, 9.17) is 9.47 Å². The number of para-hydroxylation sites is 1. The molecule has 140 valence electrons. The first-order valence-corrected chi connectivity index (χ1v) is 11.9. The van der Waals surface area contributed by atoms with Crippen LogP contribution < -0.4 is 14.8 Å². The van der Waals surface area contributed by atoms with Crippen LogP contribution in [-0.4, -0.2) is 55.3 Å². The van der Waals surface area contributed by atoms with E-state index >= 15 is 0 Å².